The van der Waals surface area contributed by atoms with Gasteiger partial charge < -0.3 is 10.1 Å². The van der Waals surface area contributed by atoms with Crippen molar-refractivity contribution in [2.24, 2.45) is 0 Å². The Hall–Kier alpha value is -2.11. The Morgan fingerprint density at radius 3 is 2.36 bits per heavy atom. The molecule has 1 aliphatic carbocycles. The van der Waals surface area contributed by atoms with Crippen molar-refractivity contribution in [1.29, 1.82) is 0 Å². The fraction of sp³-hybridized carbons (Fsp3) is 0.222. The lowest BCUT2D eigenvalue weighted by Gasteiger charge is -2.15. The molecular formula is C18H14Cl2FNO3. The lowest BCUT2D eigenvalue weighted by Crippen LogP contribution is -2.28. The van der Waals surface area contributed by atoms with Crippen molar-refractivity contribution < 1.29 is 18.7 Å². The monoisotopic (exact) mass is 381 g/mol. The van der Waals surface area contributed by atoms with Crippen molar-refractivity contribution in [3.8, 4) is 0 Å². The number of hydrogen-bond donors (Lipinski definition) is 1. The molecule has 0 aromatic heterocycles. The summed E-state index contributed by atoms with van der Waals surface area (Å²) in [6.45, 7) is -0.500. The van der Waals surface area contributed by atoms with Gasteiger partial charge in [-0.05, 0) is 48.7 Å². The molecular weight excluding hydrogens is 368 g/mol. The molecule has 25 heavy (non-hydrogen) atoms. The molecule has 1 amide bonds. The minimum absolute atomic E-state index is 0.0626. The van der Waals surface area contributed by atoms with Crippen LogP contribution in [0.25, 0.3) is 0 Å². The van der Waals surface area contributed by atoms with Crippen molar-refractivity contribution in [3.05, 3.63) is 63.9 Å². The van der Waals surface area contributed by atoms with E-state index in [4.69, 9.17) is 27.9 Å². The Kier molecular flexibility index (Phi) is 4.97. The van der Waals surface area contributed by atoms with E-state index in [1.165, 1.54) is 12.1 Å². The summed E-state index contributed by atoms with van der Waals surface area (Å²) in [7, 11) is 0. The van der Waals surface area contributed by atoms with Gasteiger partial charge >= 0.3 is 5.97 Å². The highest BCUT2D eigenvalue weighted by Gasteiger charge is 2.52. The van der Waals surface area contributed by atoms with E-state index in [9.17, 15) is 14.0 Å². The largest absolute Gasteiger partial charge is 0.455 e. The fourth-order valence-electron chi connectivity index (χ4n) is 2.55. The fourth-order valence-corrected chi connectivity index (χ4v) is 2.85. The lowest BCUT2D eigenvalue weighted by molar-refractivity contribution is -0.150. The summed E-state index contributed by atoms with van der Waals surface area (Å²) in [6.07, 6.45) is 1.30. The summed E-state index contributed by atoms with van der Waals surface area (Å²) < 4.78 is 18.7. The number of hydrogen-bond acceptors (Lipinski definition) is 3. The summed E-state index contributed by atoms with van der Waals surface area (Å²) >= 11 is 11.6. The van der Waals surface area contributed by atoms with Crippen molar-refractivity contribution >= 4 is 40.8 Å². The maximum Gasteiger partial charge on any atom is 0.317 e. The molecule has 0 spiro atoms. The van der Waals surface area contributed by atoms with Crippen LogP contribution in [0.15, 0.2) is 42.5 Å². The first-order valence-electron chi connectivity index (χ1n) is 7.59. The van der Waals surface area contributed by atoms with Gasteiger partial charge in [0.25, 0.3) is 5.91 Å². The highest BCUT2D eigenvalue weighted by atomic mass is 35.5. The first-order chi connectivity index (χ1) is 11.9. The van der Waals surface area contributed by atoms with Crippen LogP contribution < -0.4 is 5.32 Å². The van der Waals surface area contributed by atoms with Crippen LogP contribution in [-0.2, 0) is 19.7 Å². The van der Waals surface area contributed by atoms with Gasteiger partial charge in [-0.1, -0.05) is 35.3 Å². The second-order valence-electron chi connectivity index (χ2n) is 5.84. The van der Waals surface area contributed by atoms with Gasteiger partial charge in [0.05, 0.1) is 11.1 Å². The van der Waals surface area contributed by atoms with Crippen molar-refractivity contribution in [2.75, 3.05) is 11.9 Å². The molecule has 0 bridgehead atoms. The molecule has 7 heteroatoms. The molecule has 3 rings (SSSR count). The minimum Gasteiger partial charge on any atom is -0.455 e. The van der Waals surface area contributed by atoms with Gasteiger partial charge in [0.2, 0.25) is 0 Å². The summed E-state index contributed by atoms with van der Waals surface area (Å²) in [5.74, 6) is -1.73. The van der Waals surface area contributed by atoms with Crippen LogP contribution >= 0.6 is 23.2 Å². The molecule has 0 unspecified atom stereocenters. The predicted molar refractivity (Wildman–Crippen MR) is 93.4 cm³/mol. The zero-order chi connectivity index (χ0) is 18.0. The minimum atomic E-state index is -0.716. The van der Waals surface area contributed by atoms with Gasteiger partial charge in [-0.3, -0.25) is 9.59 Å². The van der Waals surface area contributed by atoms with Gasteiger partial charge in [-0.25, -0.2) is 4.39 Å². The van der Waals surface area contributed by atoms with Crippen LogP contribution in [0.1, 0.15) is 18.4 Å². The van der Waals surface area contributed by atoms with E-state index in [0.717, 1.165) is 11.6 Å². The van der Waals surface area contributed by atoms with E-state index in [1.54, 1.807) is 24.3 Å². The van der Waals surface area contributed by atoms with Crippen molar-refractivity contribution in [1.82, 2.24) is 0 Å². The molecule has 4 nitrogen and oxygen atoms in total. The number of esters is 1. The normalized spacial score (nSPS) is 14.7. The molecule has 0 atom stereocenters. The Balaban J connectivity index is 1.59. The second-order valence-corrected chi connectivity index (χ2v) is 6.71. The smallest absolute Gasteiger partial charge is 0.317 e. The van der Waals surface area contributed by atoms with Crippen molar-refractivity contribution in [3.63, 3.8) is 0 Å². The Morgan fingerprint density at radius 1 is 1.08 bits per heavy atom. The zero-order valence-electron chi connectivity index (χ0n) is 13.0. The van der Waals surface area contributed by atoms with E-state index in [0.29, 0.717) is 17.9 Å². The molecule has 1 N–H and O–H groups in total. The van der Waals surface area contributed by atoms with Gasteiger partial charge in [0, 0.05) is 10.0 Å². The van der Waals surface area contributed by atoms with Crippen LogP contribution in [0.3, 0.4) is 0 Å². The molecule has 1 aliphatic rings. The number of nitrogens with one attached hydrogen (secondary N) is 1. The average Bonchev–Trinajstić information content (AvgIpc) is 3.38. The first kappa shape index (κ1) is 17.7. The number of halogens is 3. The quantitative estimate of drug-likeness (QED) is 0.783. The lowest BCUT2D eigenvalue weighted by atomic mass is 9.96. The summed E-state index contributed by atoms with van der Waals surface area (Å²) in [4.78, 5) is 24.3. The molecule has 0 aliphatic heterocycles. The zero-order valence-corrected chi connectivity index (χ0v) is 14.5. The van der Waals surface area contributed by atoms with Crippen LogP contribution in [0.2, 0.25) is 10.0 Å². The third-order valence-corrected chi connectivity index (χ3v) is 4.56. The maximum absolute atomic E-state index is 13.6. The highest BCUT2D eigenvalue weighted by molar-refractivity contribution is 6.31. The number of amides is 1. The van der Waals surface area contributed by atoms with Crippen molar-refractivity contribution in [2.45, 2.75) is 18.3 Å². The number of rotatable bonds is 5. The molecule has 1 fully saturated rings. The molecule has 2 aromatic rings. The van der Waals surface area contributed by atoms with Gasteiger partial charge in [-0.15, -0.1) is 0 Å². The summed E-state index contributed by atoms with van der Waals surface area (Å²) in [5.41, 5.74) is 0.0298. The van der Waals surface area contributed by atoms with Crippen LogP contribution in [-0.4, -0.2) is 18.5 Å². The number of ether oxygens (including phenoxy) is 1. The molecule has 2 aromatic carbocycles. The molecule has 0 heterocycles. The third-order valence-electron chi connectivity index (χ3n) is 4.07. The van der Waals surface area contributed by atoms with E-state index >= 15 is 0 Å². The first-order valence-corrected chi connectivity index (χ1v) is 8.34. The molecule has 130 valence electrons. The van der Waals surface area contributed by atoms with E-state index < -0.39 is 29.7 Å². The summed E-state index contributed by atoms with van der Waals surface area (Å²) in [5, 5.41) is 3.20. The number of carbonyl (C=O) groups excluding carboxylic acids is 2. The number of anilines is 1. The molecule has 1 saturated carbocycles. The maximum atomic E-state index is 13.6. The second kappa shape index (κ2) is 7.02. The Bertz CT molecular complexity index is 820. The van der Waals surface area contributed by atoms with Crippen LogP contribution in [0.4, 0.5) is 10.1 Å². The van der Waals surface area contributed by atoms with Gasteiger partial charge in [-0.2, -0.15) is 0 Å². The average molecular weight is 382 g/mol. The van der Waals surface area contributed by atoms with Gasteiger partial charge in [0.1, 0.15) is 5.82 Å². The number of carbonyl (C=O) groups is 2. The Labute approximate surface area is 153 Å². The van der Waals surface area contributed by atoms with Crippen LogP contribution in [0, 0.1) is 5.82 Å². The third kappa shape index (κ3) is 3.94. The van der Waals surface area contributed by atoms with E-state index in [1.807, 2.05) is 0 Å². The summed E-state index contributed by atoms with van der Waals surface area (Å²) in [6, 6.07) is 10.8. The SMILES string of the molecule is O=C(COC(=O)C1(c2ccc(Cl)cc2)CC1)Nc1cc(Cl)ccc1F. The molecule has 0 saturated heterocycles. The Morgan fingerprint density at radius 2 is 1.72 bits per heavy atom. The topological polar surface area (TPSA) is 55.4 Å². The van der Waals surface area contributed by atoms with Gasteiger partial charge in [0.15, 0.2) is 6.61 Å². The highest BCUT2D eigenvalue weighted by Crippen LogP contribution is 2.49. The standard InChI is InChI=1S/C18H14Cl2FNO3/c19-12-3-1-11(2-4-12)18(7-8-18)17(24)25-10-16(23)22-15-9-13(20)5-6-14(15)21/h1-6,9H,7-8,10H2,(H,22,23). The predicted octanol–water partition coefficient (Wildman–Crippen LogP) is 4.35. The number of benzene rings is 2. The van der Waals surface area contributed by atoms with E-state index in [2.05, 4.69) is 5.32 Å². The molecule has 0 radical (unpaired) electrons. The van der Waals surface area contributed by atoms with Crippen LogP contribution in [0.5, 0.6) is 0 Å². The van der Waals surface area contributed by atoms with E-state index in [-0.39, 0.29) is 10.7 Å².